The third-order valence-electron chi connectivity index (χ3n) is 3.41. The number of amidine groups is 1. The van der Waals surface area contributed by atoms with Gasteiger partial charge in [-0.15, -0.1) is 0 Å². The van der Waals surface area contributed by atoms with Gasteiger partial charge in [0.2, 0.25) is 0 Å². The van der Waals surface area contributed by atoms with E-state index in [-0.39, 0.29) is 11.9 Å². The minimum Gasteiger partial charge on any atom is -0.384 e. The summed E-state index contributed by atoms with van der Waals surface area (Å²) >= 11 is 3.42. The van der Waals surface area contributed by atoms with Crippen molar-refractivity contribution in [2.24, 2.45) is 5.73 Å². The van der Waals surface area contributed by atoms with Gasteiger partial charge in [0.15, 0.2) is 0 Å². The van der Waals surface area contributed by atoms with Crippen LogP contribution in [0.25, 0.3) is 0 Å². The van der Waals surface area contributed by atoms with Crippen LogP contribution in [-0.4, -0.2) is 32.1 Å². The Bertz CT molecular complexity index is 458. The SMILES string of the molecule is CN(CC1CCCCO1)c1ccc(Br)cc1C(=N)N. The first kappa shape index (κ1) is 14.3. The first-order valence-corrected chi connectivity index (χ1v) is 7.34. The minimum absolute atomic E-state index is 0.0905. The number of anilines is 1. The van der Waals surface area contributed by atoms with Gasteiger partial charge in [0, 0.05) is 35.9 Å². The number of rotatable bonds is 4. The number of hydrogen-bond acceptors (Lipinski definition) is 3. The van der Waals surface area contributed by atoms with Crippen molar-refractivity contribution in [1.29, 1.82) is 5.41 Å². The lowest BCUT2D eigenvalue weighted by Gasteiger charge is -2.29. The normalized spacial score (nSPS) is 19.2. The molecular formula is C14H20BrN3O. The van der Waals surface area contributed by atoms with Crippen LogP contribution in [0.5, 0.6) is 0 Å². The number of hydrogen-bond donors (Lipinski definition) is 2. The molecule has 1 saturated heterocycles. The van der Waals surface area contributed by atoms with E-state index in [4.69, 9.17) is 15.9 Å². The third kappa shape index (κ3) is 3.70. The van der Waals surface area contributed by atoms with Crippen LogP contribution in [-0.2, 0) is 4.74 Å². The molecule has 1 fully saturated rings. The molecule has 4 nitrogen and oxygen atoms in total. The van der Waals surface area contributed by atoms with Crippen LogP contribution >= 0.6 is 15.9 Å². The summed E-state index contributed by atoms with van der Waals surface area (Å²) in [5.74, 6) is 0.0905. The molecule has 0 bridgehead atoms. The molecule has 1 aromatic carbocycles. The summed E-state index contributed by atoms with van der Waals surface area (Å²) in [6.07, 6.45) is 3.79. The average Bonchev–Trinajstić information content (AvgIpc) is 2.39. The molecule has 1 atom stereocenters. The topological polar surface area (TPSA) is 62.3 Å². The van der Waals surface area contributed by atoms with E-state index in [0.717, 1.165) is 41.7 Å². The number of nitrogen functional groups attached to an aromatic ring is 1. The number of nitrogens with two attached hydrogens (primary N) is 1. The van der Waals surface area contributed by atoms with Crippen LogP contribution in [0.4, 0.5) is 5.69 Å². The van der Waals surface area contributed by atoms with Crippen LogP contribution in [0.1, 0.15) is 24.8 Å². The molecule has 2 rings (SSSR count). The Labute approximate surface area is 122 Å². The Balaban J connectivity index is 2.13. The molecule has 0 amide bonds. The van der Waals surface area contributed by atoms with Crippen LogP contribution in [0.2, 0.25) is 0 Å². The lowest BCUT2D eigenvalue weighted by molar-refractivity contribution is 0.0216. The number of ether oxygens (including phenoxy) is 1. The van der Waals surface area contributed by atoms with Gasteiger partial charge in [-0.2, -0.15) is 0 Å². The minimum atomic E-state index is 0.0905. The van der Waals surface area contributed by atoms with Crippen molar-refractivity contribution >= 4 is 27.5 Å². The van der Waals surface area contributed by atoms with Crippen molar-refractivity contribution in [2.75, 3.05) is 25.1 Å². The first-order chi connectivity index (χ1) is 9.08. The summed E-state index contributed by atoms with van der Waals surface area (Å²) in [7, 11) is 2.02. The van der Waals surface area contributed by atoms with Gasteiger partial charge in [-0.05, 0) is 37.5 Å². The molecule has 0 saturated carbocycles. The van der Waals surface area contributed by atoms with E-state index in [1.807, 2.05) is 25.2 Å². The molecule has 1 unspecified atom stereocenters. The first-order valence-electron chi connectivity index (χ1n) is 6.54. The van der Waals surface area contributed by atoms with Crippen molar-refractivity contribution in [3.05, 3.63) is 28.2 Å². The van der Waals surface area contributed by atoms with Gasteiger partial charge in [0.25, 0.3) is 0 Å². The second-order valence-electron chi connectivity index (χ2n) is 4.94. The average molecular weight is 326 g/mol. The standard InChI is InChI=1S/C14H20BrN3O/c1-18(9-11-4-2-3-7-19-11)13-6-5-10(15)8-12(13)14(16)17/h5-6,8,11H,2-4,7,9H2,1H3,(H3,16,17). The quantitative estimate of drug-likeness (QED) is 0.661. The highest BCUT2D eigenvalue weighted by Gasteiger charge is 2.18. The predicted octanol–water partition coefficient (Wildman–Crippen LogP) is 2.74. The van der Waals surface area contributed by atoms with Gasteiger partial charge in [-0.1, -0.05) is 15.9 Å². The summed E-state index contributed by atoms with van der Waals surface area (Å²) < 4.78 is 6.69. The maximum atomic E-state index is 7.68. The number of benzene rings is 1. The Kier molecular flexibility index (Phi) is 4.82. The fourth-order valence-corrected chi connectivity index (χ4v) is 2.77. The monoisotopic (exact) mass is 325 g/mol. The van der Waals surface area contributed by atoms with Crippen molar-refractivity contribution in [1.82, 2.24) is 0 Å². The molecular weight excluding hydrogens is 306 g/mol. The van der Waals surface area contributed by atoms with Gasteiger partial charge in [0.05, 0.1) is 6.10 Å². The van der Waals surface area contributed by atoms with Crippen molar-refractivity contribution in [3.8, 4) is 0 Å². The van der Waals surface area contributed by atoms with Crippen LogP contribution in [0, 0.1) is 5.41 Å². The van der Waals surface area contributed by atoms with E-state index >= 15 is 0 Å². The lowest BCUT2D eigenvalue weighted by atomic mass is 10.1. The van der Waals surface area contributed by atoms with Gasteiger partial charge >= 0.3 is 0 Å². The number of likely N-dealkylation sites (N-methyl/N-ethyl adjacent to an activating group) is 1. The maximum Gasteiger partial charge on any atom is 0.124 e. The summed E-state index contributed by atoms with van der Waals surface area (Å²) in [5, 5.41) is 7.68. The van der Waals surface area contributed by atoms with Crippen molar-refractivity contribution in [2.45, 2.75) is 25.4 Å². The van der Waals surface area contributed by atoms with E-state index in [0.29, 0.717) is 0 Å². The van der Waals surface area contributed by atoms with E-state index in [1.165, 1.54) is 6.42 Å². The Morgan fingerprint density at radius 1 is 1.53 bits per heavy atom. The second-order valence-corrected chi connectivity index (χ2v) is 5.86. The molecule has 19 heavy (non-hydrogen) atoms. The van der Waals surface area contributed by atoms with Crippen molar-refractivity contribution in [3.63, 3.8) is 0 Å². The Morgan fingerprint density at radius 3 is 2.95 bits per heavy atom. The highest BCUT2D eigenvalue weighted by molar-refractivity contribution is 9.10. The molecule has 1 aliphatic heterocycles. The number of halogens is 1. The predicted molar refractivity (Wildman–Crippen MR) is 82.0 cm³/mol. The molecule has 0 aliphatic carbocycles. The highest BCUT2D eigenvalue weighted by atomic mass is 79.9. The number of nitrogens with zero attached hydrogens (tertiary/aromatic N) is 1. The van der Waals surface area contributed by atoms with Crippen LogP contribution in [0.3, 0.4) is 0 Å². The Morgan fingerprint density at radius 2 is 2.32 bits per heavy atom. The van der Waals surface area contributed by atoms with E-state index in [9.17, 15) is 0 Å². The van der Waals surface area contributed by atoms with Crippen LogP contribution < -0.4 is 10.6 Å². The van der Waals surface area contributed by atoms with Crippen LogP contribution in [0.15, 0.2) is 22.7 Å². The summed E-state index contributed by atoms with van der Waals surface area (Å²) in [6.45, 7) is 1.69. The lowest BCUT2D eigenvalue weighted by Crippen LogP contribution is -2.34. The third-order valence-corrected chi connectivity index (χ3v) is 3.90. The molecule has 3 N–H and O–H groups in total. The Hall–Kier alpha value is -1.07. The van der Waals surface area contributed by atoms with E-state index in [1.54, 1.807) is 0 Å². The molecule has 104 valence electrons. The molecule has 0 aromatic heterocycles. The summed E-state index contributed by atoms with van der Waals surface area (Å²) in [5.41, 5.74) is 7.39. The van der Waals surface area contributed by atoms with Gasteiger partial charge in [-0.3, -0.25) is 5.41 Å². The highest BCUT2D eigenvalue weighted by Crippen LogP contribution is 2.25. The van der Waals surface area contributed by atoms with Gasteiger partial charge in [0.1, 0.15) is 5.84 Å². The second kappa shape index (κ2) is 6.39. The van der Waals surface area contributed by atoms with Gasteiger partial charge in [-0.25, -0.2) is 0 Å². The molecule has 1 heterocycles. The van der Waals surface area contributed by atoms with Crippen molar-refractivity contribution < 1.29 is 4.74 Å². The molecule has 1 aliphatic rings. The molecule has 0 spiro atoms. The van der Waals surface area contributed by atoms with Gasteiger partial charge < -0.3 is 15.4 Å². The molecule has 0 radical (unpaired) electrons. The zero-order valence-electron chi connectivity index (χ0n) is 11.2. The van der Waals surface area contributed by atoms with E-state index in [2.05, 4.69) is 20.8 Å². The fraction of sp³-hybridized carbons (Fsp3) is 0.500. The fourth-order valence-electron chi connectivity index (χ4n) is 2.41. The molecule has 5 heteroatoms. The zero-order chi connectivity index (χ0) is 13.8. The molecule has 1 aromatic rings. The zero-order valence-corrected chi connectivity index (χ0v) is 12.7. The smallest absolute Gasteiger partial charge is 0.124 e. The largest absolute Gasteiger partial charge is 0.384 e. The summed E-state index contributed by atoms with van der Waals surface area (Å²) in [6, 6.07) is 5.85. The maximum absolute atomic E-state index is 7.68. The summed E-state index contributed by atoms with van der Waals surface area (Å²) in [4.78, 5) is 2.12. The van der Waals surface area contributed by atoms with E-state index < -0.39 is 0 Å². The number of nitrogens with one attached hydrogen (secondary N) is 1.